The zero-order valence-corrected chi connectivity index (χ0v) is 13.9. The molecule has 0 unspecified atom stereocenters. The second kappa shape index (κ2) is 7.57. The van der Waals surface area contributed by atoms with Gasteiger partial charge < -0.3 is 10.2 Å². The lowest BCUT2D eigenvalue weighted by Crippen LogP contribution is -2.41. The molecule has 0 aliphatic carbocycles. The van der Waals surface area contributed by atoms with Gasteiger partial charge in [0, 0.05) is 19.3 Å². The number of aromatic nitrogens is 2. The first-order valence-electron chi connectivity index (χ1n) is 8.49. The number of likely N-dealkylation sites (tertiary alicyclic amines) is 1. The van der Waals surface area contributed by atoms with Crippen molar-refractivity contribution in [2.45, 2.75) is 19.8 Å². The van der Waals surface area contributed by atoms with Gasteiger partial charge in [0.1, 0.15) is 5.82 Å². The molecular formula is C18H23FN4O. The van der Waals surface area contributed by atoms with Gasteiger partial charge in [0.25, 0.3) is 5.91 Å². The topological polar surface area (TPSA) is 50.2 Å². The molecule has 1 aromatic carbocycles. The van der Waals surface area contributed by atoms with Crippen LogP contribution in [0.3, 0.4) is 0 Å². The monoisotopic (exact) mass is 330 g/mol. The highest BCUT2D eigenvalue weighted by Gasteiger charge is 2.24. The Hall–Kier alpha value is -2.21. The van der Waals surface area contributed by atoms with Crippen molar-refractivity contribution in [1.29, 1.82) is 0 Å². The molecule has 1 aliphatic heterocycles. The fraction of sp³-hybridized carbons (Fsp3) is 0.444. The maximum absolute atomic E-state index is 13.0. The van der Waals surface area contributed by atoms with E-state index in [1.54, 1.807) is 29.1 Å². The number of carbonyl (C=O) groups excluding carboxylic acids is 1. The van der Waals surface area contributed by atoms with E-state index in [0.29, 0.717) is 11.6 Å². The molecule has 0 radical (unpaired) electrons. The molecule has 1 aromatic heterocycles. The zero-order chi connectivity index (χ0) is 16.9. The molecule has 1 saturated heterocycles. The summed E-state index contributed by atoms with van der Waals surface area (Å²) in [7, 11) is 0. The summed E-state index contributed by atoms with van der Waals surface area (Å²) in [5, 5.41) is 7.72. The van der Waals surface area contributed by atoms with Gasteiger partial charge in [-0.3, -0.25) is 4.79 Å². The maximum atomic E-state index is 13.0. The van der Waals surface area contributed by atoms with E-state index < -0.39 is 0 Å². The quantitative estimate of drug-likeness (QED) is 0.916. The number of hydrogen-bond acceptors (Lipinski definition) is 3. The van der Waals surface area contributed by atoms with Crippen molar-refractivity contribution in [2.24, 2.45) is 5.92 Å². The van der Waals surface area contributed by atoms with Crippen molar-refractivity contribution in [2.75, 3.05) is 26.2 Å². The van der Waals surface area contributed by atoms with Crippen LogP contribution in [0.5, 0.6) is 0 Å². The molecule has 2 heterocycles. The summed E-state index contributed by atoms with van der Waals surface area (Å²) in [5.74, 6) is 0.325. The fourth-order valence-corrected chi connectivity index (χ4v) is 3.03. The molecule has 2 aromatic rings. The average Bonchev–Trinajstić information content (AvgIpc) is 3.10. The number of piperidine rings is 1. The Labute approximate surface area is 141 Å². The summed E-state index contributed by atoms with van der Waals surface area (Å²) in [6, 6.07) is 7.77. The smallest absolute Gasteiger partial charge is 0.274 e. The second-order valence-electron chi connectivity index (χ2n) is 6.17. The Balaban J connectivity index is 1.61. The first kappa shape index (κ1) is 16.6. The third-order valence-corrected chi connectivity index (χ3v) is 4.48. The number of nitrogens with zero attached hydrogens (tertiary/aromatic N) is 3. The van der Waals surface area contributed by atoms with Gasteiger partial charge >= 0.3 is 0 Å². The van der Waals surface area contributed by atoms with Crippen molar-refractivity contribution >= 4 is 5.91 Å². The van der Waals surface area contributed by atoms with Crippen LogP contribution < -0.4 is 5.32 Å². The van der Waals surface area contributed by atoms with E-state index in [1.807, 2.05) is 4.90 Å². The van der Waals surface area contributed by atoms with Crippen LogP contribution in [0.4, 0.5) is 4.39 Å². The minimum atomic E-state index is -0.289. The van der Waals surface area contributed by atoms with E-state index in [0.717, 1.165) is 44.7 Å². The van der Waals surface area contributed by atoms with Crippen molar-refractivity contribution < 1.29 is 9.18 Å². The highest BCUT2D eigenvalue weighted by Crippen LogP contribution is 2.18. The predicted octanol–water partition coefficient (Wildman–Crippen LogP) is 2.47. The molecule has 1 amide bonds. The fourth-order valence-electron chi connectivity index (χ4n) is 3.03. The van der Waals surface area contributed by atoms with E-state index in [4.69, 9.17) is 0 Å². The molecule has 0 bridgehead atoms. The van der Waals surface area contributed by atoms with E-state index in [-0.39, 0.29) is 11.7 Å². The van der Waals surface area contributed by atoms with E-state index in [1.165, 1.54) is 12.1 Å². The van der Waals surface area contributed by atoms with Crippen molar-refractivity contribution in [3.63, 3.8) is 0 Å². The van der Waals surface area contributed by atoms with Gasteiger partial charge in [-0.25, -0.2) is 9.07 Å². The second-order valence-corrected chi connectivity index (χ2v) is 6.17. The Morgan fingerprint density at radius 3 is 2.62 bits per heavy atom. The lowest BCUT2D eigenvalue weighted by molar-refractivity contribution is 0.0684. The van der Waals surface area contributed by atoms with Crippen molar-refractivity contribution in [3.8, 4) is 5.69 Å². The van der Waals surface area contributed by atoms with Crippen LogP contribution in [0.1, 0.15) is 30.3 Å². The summed E-state index contributed by atoms with van der Waals surface area (Å²) in [5.41, 5.74) is 1.17. The zero-order valence-electron chi connectivity index (χ0n) is 13.9. The number of amides is 1. The van der Waals surface area contributed by atoms with Gasteiger partial charge in [0.05, 0.1) is 5.69 Å². The van der Waals surface area contributed by atoms with Crippen LogP contribution in [0.15, 0.2) is 36.5 Å². The molecule has 1 fully saturated rings. The molecule has 0 atom stereocenters. The molecule has 5 nitrogen and oxygen atoms in total. The molecular weight excluding hydrogens is 307 g/mol. The highest BCUT2D eigenvalue weighted by atomic mass is 19.1. The molecule has 1 N–H and O–H groups in total. The molecule has 0 saturated carbocycles. The van der Waals surface area contributed by atoms with Gasteiger partial charge in [-0.05, 0) is 62.2 Å². The lowest BCUT2D eigenvalue weighted by atomic mass is 9.96. The number of halogens is 1. The Morgan fingerprint density at radius 1 is 1.25 bits per heavy atom. The lowest BCUT2D eigenvalue weighted by Gasteiger charge is -2.31. The van der Waals surface area contributed by atoms with Crippen LogP contribution in [-0.4, -0.2) is 46.8 Å². The molecule has 0 spiro atoms. The van der Waals surface area contributed by atoms with Gasteiger partial charge in [-0.1, -0.05) is 6.92 Å². The summed E-state index contributed by atoms with van der Waals surface area (Å²) < 4.78 is 14.6. The van der Waals surface area contributed by atoms with Crippen LogP contribution >= 0.6 is 0 Å². The van der Waals surface area contributed by atoms with E-state index in [9.17, 15) is 9.18 Å². The van der Waals surface area contributed by atoms with E-state index >= 15 is 0 Å². The summed E-state index contributed by atoms with van der Waals surface area (Å²) in [6.45, 7) is 5.67. The molecule has 24 heavy (non-hydrogen) atoms. The van der Waals surface area contributed by atoms with Gasteiger partial charge in [0.2, 0.25) is 0 Å². The largest absolute Gasteiger partial charge is 0.337 e. The third kappa shape index (κ3) is 3.82. The minimum absolute atomic E-state index is 0.0298. The van der Waals surface area contributed by atoms with Gasteiger partial charge in [-0.2, -0.15) is 5.10 Å². The van der Waals surface area contributed by atoms with Gasteiger partial charge in [-0.15, -0.1) is 0 Å². The first-order chi connectivity index (χ1) is 11.7. The Morgan fingerprint density at radius 2 is 1.96 bits per heavy atom. The Kier molecular flexibility index (Phi) is 5.25. The molecule has 6 heteroatoms. The number of carbonyl (C=O) groups is 1. The summed E-state index contributed by atoms with van der Waals surface area (Å²) >= 11 is 0. The minimum Gasteiger partial charge on any atom is -0.337 e. The van der Waals surface area contributed by atoms with Crippen molar-refractivity contribution in [1.82, 2.24) is 20.0 Å². The normalized spacial score (nSPS) is 15.7. The molecule has 3 rings (SSSR count). The number of hydrogen-bond donors (Lipinski definition) is 1. The maximum Gasteiger partial charge on any atom is 0.274 e. The highest BCUT2D eigenvalue weighted by molar-refractivity contribution is 5.92. The van der Waals surface area contributed by atoms with Crippen LogP contribution in [0.2, 0.25) is 0 Å². The van der Waals surface area contributed by atoms with Crippen LogP contribution in [0.25, 0.3) is 5.69 Å². The van der Waals surface area contributed by atoms with E-state index in [2.05, 4.69) is 17.3 Å². The van der Waals surface area contributed by atoms with Crippen LogP contribution in [0, 0.1) is 11.7 Å². The predicted molar refractivity (Wildman–Crippen MR) is 90.7 cm³/mol. The Bertz CT molecular complexity index is 675. The SMILES string of the molecule is CCNCC1CCN(C(=O)c2ccn(-c3ccc(F)cc3)n2)CC1. The third-order valence-electron chi connectivity index (χ3n) is 4.48. The van der Waals surface area contributed by atoms with Crippen LogP contribution in [-0.2, 0) is 0 Å². The molecule has 128 valence electrons. The number of rotatable bonds is 5. The molecule has 1 aliphatic rings. The number of nitrogens with one attached hydrogen (secondary N) is 1. The standard InChI is InChI=1S/C18H23FN4O/c1-2-20-13-14-7-10-22(11-8-14)18(24)17-9-12-23(21-17)16-5-3-15(19)4-6-16/h3-6,9,12,14,20H,2,7-8,10-11,13H2,1H3. The number of benzene rings is 1. The average molecular weight is 330 g/mol. The first-order valence-corrected chi connectivity index (χ1v) is 8.49. The van der Waals surface area contributed by atoms with Gasteiger partial charge in [0.15, 0.2) is 5.69 Å². The van der Waals surface area contributed by atoms with Crippen molar-refractivity contribution in [3.05, 3.63) is 48.0 Å². The summed E-state index contributed by atoms with van der Waals surface area (Å²) in [6.07, 6.45) is 3.78. The summed E-state index contributed by atoms with van der Waals surface area (Å²) in [4.78, 5) is 14.5.